The summed E-state index contributed by atoms with van der Waals surface area (Å²) in [4.78, 5) is 0. The molecule has 2 nitrogen and oxygen atoms in total. The Hall–Kier alpha value is -0.570. The molecule has 9 heavy (non-hydrogen) atoms. The second-order valence-electron chi connectivity index (χ2n) is 1.81. The van der Waals surface area contributed by atoms with Crippen LogP contribution in [-0.4, -0.2) is 9.78 Å². The Labute approximate surface area is 62.3 Å². The largest absolute Gasteiger partial charge is 0.275 e. The Kier molecular flexibility index (Phi) is 1.71. The second-order valence-corrected chi connectivity index (χ2v) is 2.76. The van der Waals surface area contributed by atoms with Crippen molar-refractivity contribution in [1.82, 2.24) is 9.78 Å². The lowest BCUT2D eigenvalue weighted by molar-refractivity contribution is 0.767. The zero-order chi connectivity index (χ0) is 6.85. The Bertz CT molecular complexity index is 227. The Balaban J connectivity index is 2.98. The minimum atomic E-state index is 0.871. The van der Waals surface area contributed by atoms with Crippen molar-refractivity contribution in [3.05, 3.63) is 24.5 Å². The fourth-order valence-electron chi connectivity index (χ4n) is 0.561. The molecule has 0 aliphatic rings. The minimum Gasteiger partial charge on any atom is -0.275 e. The molecule has 0 aromatic carbocycles. The van der Waals surface area contributed by atoms with Gasteiger partial charge in [-0.2, -0.15) is 5.10 Å². The van der Waals surface area contributed by atoms with Crippen LogP contribution in [0.5, 0.6) is 0 Å². The first-order valence-corrected chi connectivity index (χ1v) is 3.33. The molecule has 0 fully saturated rings. The molecule has 1 rings (SSSR count). The van der Waals surface area contributed by atoms with E-state index in [1.54, 1.807) is 10.9 Å². The maximum atomic E-state index is 3.96. The monoisotopic (exact) mass is 186 g/mol. The summed E-state index contributed by atoms with van der Waals surface area (Å²) in [7, 11) is 1.87. The number of hydrogen-bond donors (Lipinski definition) is 0. The van der Waals surface area contributed by atoms with Gasteiger partial charge in [0.05, 0.1) is 6.20 Å². The minimum absolute atomic E-state index is 0.871. The highest BCUT2D eigenvalue weighted by molar-refractivity contribution is 9.15. The van der Waals surface area contributed by atoms with Gasteiger partial charge >= 0.3 is 0 Å². The molecule has 0 aliphatic heterocycles. The average Bonchev–Trinajstić information content (AvgIpc) is 2.14. The van der Waals surface area contributed by atoms with Gasteiger partial charge in [0.1, 0.15) is 0 Å². The van der Waals surface area contributed by atoms with Crippen molar-refractivity contribution in [3.63, 3.8) is 0 Å². The number of rotatable bonds is 1. The molecule has 1 aromatic heterocycles. The Morgan fingerprint density at radius 2 is 2.56 bits per heavy atom. The molecule has 0 radical (unpaired) electrons. The van der Waals surface area contributed by atoms with Crippen LogP contribution in [0.1, 0.15) is 5.56 Å². The molecule has 0 saturated carbocycles. The third-order valence-electron chi connectivity index (χ3n) is 1.02. The molecule has 1 heterocycles. The van der Waals surface area contributed by atoms with Crippen LogP contribution in [0.25, 0.3) is 4.48 Å². The van der Waals surface area contributed by atoms with Crippen LogP contribution in [0.15, 0.2) is 19.0 Å². The van der Waals surface area contributed by atoms with Crippen LogP contribution in [0.3, 0.4) is 0 Å². The van der Waals surface area contributed by atoms with Gasteiger partial charge in [0, 0.05) is 23.3 Å². The van der Waals surface area contributed by atoms with Gasteiger partial charge in [-0.3, -0.25) is 4.68 Å². The standard InChI is InChI=1S/C6H7BrN2/c1-5(7)6-3-8-9(2)4-6/h3-4H,1H2,2H3. The summed E-state index contributed by atoms with van der Waals surface area (Å²) in [6.45, 7) is 3.70. The van der Waals surface area contributed by atoms with E-state index in [-0.39, 0.29) is 0 Å². The number of nitrogens with zero attached hydrogens (tertiary/aromatic N) is 2. The molecule has 3 heteroatoms. The van der Waals surface area contributed by atoms with Gasteiger partial charge in [-0.05, 0) is 0 Å². The molecule has 0 bridgehead atoms. The molecule has 0 aliphatic carbocycles. The van der Waals surface area contributed by atoms with Gasteiger partial charge in [-0.25, -0.2) is 0 Å². The summed E-state index contributed by atoms with van der Waals surface area (Å²) >= 11 is 3.25. The molecule has 0 spiro atoms. The fraction of sp³-hybridized carbons (Fsp3) is 0.167. The molecule has 1 aromatic rings. The van der Waals surface area contributed by atoms with E-state index in [0.717, 1.165) is 10.0 Å². The summed E-state index contributed by atoms with van der Waals surface area (Å²) in [5, 5.41) is 3.96. The van der Waals surface area contributed by atoms with Crippen molar-refractivity contribution in [2.75, 3.05) is 0 Å². The quantitative estimate of drug-likeness (QED) is 0.655. The number of aromatic nitrogens is 2. The third-order valence-corrected chi connectivity index (χ3v) is 1.48. The zero-order valence-corrected chi connectivity index (χ0v) is 6.72. The van der Waals surface area contributed by atoms with E-state index in [4.69, 9.17) is 0 Å². The van der Waals surface area contributed by atoms with Crippen LogP contribution < -0.4 is 0 Å². The van der Waals surface area contributed by atoms with E-state index < -0.39 is 0 Å². The Morgan fingerprint density at radius 3 is 2.78 bits per heavy atom. The van der Waals surface area contributed by atoms with Gasteiger partial charge in [-0.15, -0.1) is 0 Å². The molecular weight excluding hydrogens is 180 g/mol. The van der Waals surface area contributed by atoms with E-state index in [9.17, 15) is 0 Å². The van der Waals surface area contributed by atoms with E-state index in [0.29, 0.717) is 0 Å². The van der Waals surface area contributed by atoms with Gasteiger partial charge < -0.3 is 0 Å². The van der Waals surface area contributed by atoms with E-state index in [1.165, 1.54) is 0 Å². The van der Waals surface area contributed by atoms with Crippen molar-refractivity contribution in [2.45, 2.75) is 0 Å². The average molecular weight is 187 g/mol. The van der Waals surface area contributed by atoms with Crippen molar-refractivity contribution in [2.24, 2.45) is 7.05 Å². The SMILES string of the molecule is C=C(Br)c1cnn(C)c1. The Morgan fingerprint density at radius 1 is 1.89 bits per heavy atom. The van der Waals surface area contributed by atoms with Gasteiger partial charge in [0.2, 0.25) is 0 Å². The smallest absolute Gasteiger partial charge is 0.0573 e. The van der Waals surface area contributed by atoms with Crippen molar-refractivity contribution in [1.29, 1.82) is 0 Å². The first kappa shape index (κ1) is 6.55. The maximum Gasteiger partial charge on any atom is 0.0573 e. The maximum absolute atomic E-state index is 3.96. The molecular formula is C6H7BrN2. The second kappa shape index (κ2) is 2.35. The van der Waals surface area contributed by atoms with Crippen LogP contribution in [-0.2, 0) is 7.05 Å². The van der Waals surface area contributed by atoms with Crippen LogP contribution in [0, 0.1) is 0 Å². The zero-order valence-electron chi connectivity index (χ0n) is 5.13. The highest BCUT2D eigenvalue weighted by Crippen LogP contribution is 2.16. The first-order chi connectivity index (χ1) is 4.20. The van der Waals surface area contributed by atoms with Crippen molar-refractivity contribution in [3.8, 4) is 0 Å². The normalized spacial score (nSPS) is 9.56. The summed E-state index contributed by atoms with van der Waals surface area (Å²) in [6.07, 6.45) is 3.66. The van der Waals surface area contributed by atoms with Crippen molar-refractivity contribution >= 4 is 20.4 Å². The van der Waals surface area contributed by atoms with Gasteiger partial charge in [0.25, 0.3) is 0 Å². The van der Waals surface area contributed by atoms with Gasteiger partial charge in [-0.1, -0.05) is 22.5 Å². The topological polar surface area (TPSA) is 17.8 Å². The van der Waals surface area contributed by atoms with Crippen LogP contribution in [0.2, 0.25) is 0 Å². The highest BCUT2D eigenvalue weighted by atomic mass is 79.9. The van der Waals surface area contributed by atoms with E-state index in [2.05, 4.69) is 27.6 Å². The lowest BCUT2D eigenvalue weighted by atomic mass is 10.4. The lowest BCUT2D eigenvalue weighted by Crippen LogP contribution is -1.83. The predicted octanol–water partition coefficient (Wildman–Crippen LogP) is 1.79. The molecule has 0 saturated heterocycles. The number of aryl methyl sites for hydroxylation is 1. The van der Waals surface area contributed by atoms with Crippen molar-refractivity contribution < 1.29 is 0 Å². The summed E-state index contributed by atoms with van der Waals surface area (Å²) in [5.41, 5.74) is 1.03. The molecule has 0 atom stereocenters. The summed E-state index contributed by atoms with van der Waals surface area (Å²) in [6, 6.07) is 0. The molecule has 48 valence electrons. The van der Waals surface area contributed by atoms with E-state index >= 15 is 0 Å². The molecule has 0 unspecified atom stereocenters. The first-order valence-electron chi connectivity index (χ1n) is 2.53. The molecule has 0 amide bonds. The van der Waals surface area contributed by atoms with Gasteiger partial charge in [0.15, 0.2) is 0 Å². The summed E-state index contributed by atoms with van der Waals surface area (Å²) in [5.74, 6) is 0. The highest BCUT2D eigenvalue weighted by Gasteiger charge is 1.94. The summed E-state index contributed by atoms with van der Waals surface area (Å²) < 4.78 is 2.61. The predicted molar refractivity (Wildman–Crippen MR) is 41.2 cm³/mol. The van der Waals surface area contributed by atoms with Crippen LogP contribution in [0.4, 0.5) is 0 Å². The molecule has 0 N–H and O–H groups in total. The fourth-order valence-corrected chi connectivity index (χ4v) is 0.766. The third kappa shape index (κ3) is 1.42. The number of hydrogen-bond acceptors (Lipinski definition) is 1. The number of halogens is 1. The van der Waals surface area contributed by atoms with E-state index in [1.807, 2.05) is 13.2 Å². The van der Waals surface area contributed by atoms with Crippen LogP contribution >= 0.6 is 15.9 Å². The lowest BCUT2D eigenvalue weighted by Gasteiger charge is -1.85.